The second kappa shape index (κ2) is 5.63. The van der Waals surface area contributed by atoms with Crippen LogP contribution in [0.4, 0.5) is 0 Å². The Balaban J connectivity index is 0.000000162. The van der Waals surface area contributed by atoms with Crippen molar-refractivity contribution in [3.63, 3.8) is 0 Å². The Bertz CT molecular complexity index is 64.6. The van der Waals surface area contributed by atoms with E-state index >= 15 is 0 Å². The van der Waals surface area contributed by atoms with Crippen LogP contribution in [0.25, 0.3) is 0 Å². The fraction of sp³-hybridized carbons (Fsp3) is 0.400. The summed E-state index contributed by atoms with van der Waals surface area (Å²) in [6.07, 6.45) is 1.77. The first-order valence-electron chi connectivity index (χ1n) is 2.32. The smallest absolute Gasteiger partial charge is 0.0791 e. The van der Waals surface area contributed by atoms with Gasteiger partial charge in [0.25, 0.3) is 0 Å². The molecule has 0 atom stereocenters. The van der Waals surface area contributed by atoms with Gasteiger partial charge in [0.2, 0.25) is 0 Å². The van der Waals surface area contributed by atoms with Crippen LogP contribution >= 0.6 is 11.3 Å². The topological polar surface area (TPSA) is 12.9 Å². The van der Waals surface area contributed by atoms with E-state index in [2.05, 4.69) is 4.98 Å². The van der Waals surface area contributed by atoms with Gasteiger partial charge in [0.15, 0.2) is 0 Å². The fourth-order valence-corrected chi connectivity index (χ4v) is 0.527. The standard InChI is InChI=1S/C3H3NS.C2H6/c1-2-5-3-4-1;1-2/h1-3H;1-2H3. The van der Waals surface area contributed by atoms with Gasteiger partial charge < -0.3 is 0 Å². The molecule has 0 aliphatic rings. The molecular weight excluding hydrogens is 106 g/mol. The third-order valence-corrected chi connectivity index (χ3v) is 0.869. The van der Waals surface area contributed by atoms with Crippen LogP contribution in [0.3, 0.4) is 0 Å². The van der Waals surface area contributed by atoms with Crippen LogP contribution in [-0.4, -0.2) is 4.98 Å². The van der Waals surface area contributed by atoms with Gasteiger partial charge in [-0.2, -0.15) is 0 Å². The van der Waals surface area contributed by atoms with E-state index < -0.39 is 0 Å². The minimum absolute atomic E-state index is 1.60. The maximum atomic E-state index is 3.74. The zero-order valence-corrected chi connectivity index (χ0v) is 5.40. The van der Waals surface area contributed by atoms with E-state index in [1.807, 2.05) is 19.2 Å². The lowest BCUT2D eigenvalue weighted by atomic mass is 11.0. The first kappa shape index (κ1) is 6.63. The van der Waals surface area contributed by atoms with E-state index in [4.69, 9.17) is 0 Å². The van der Waals surface area contributed by atoms with Gasteiger partial charge in [0.1, 0.15) is 0 Å². The van der Waals surface area contributed by atoms with Crippen LogP contribution in [0.1, 0.15) is 13.8 Å². The molecule has 0 saturated carbocycles. The molecule has 0 aliphatic heterocycles. The Labute approximate surface area is 48.0 Å². The first-order valence-corrected chi connectivity index (χ1v) is 3.26. The maximum absolute atomic E-state index is 3.74. The molecule has 0 radical (unpaired) electrons. The first-order chi connectivity index (χ1) is 3.50. The molecule has 1 heterocycles. The summed E-state index contributed by atoms with van der Waals surface area (Å²) in [4.78, 5) is 3.74. The molecule has 0 amide bonds. The zero-order valence-electron chi connectivity index (χ0n) is 4.59. The average Bonchev–Trinajstić information content (AvgIpc) is 2.23. The summed E-state index contributed by atoms with van der Waals surface area (Å²) < 4.78 is 0. The van der Waals surface area contributed by atoms with Crippen molar-refractivity contribution in [3.8, 4) is 0 Å². The molecule has 1 aromatic heterocycles. The Morgan fingerprint density at radius 3 is 2.29 bits per heavy atom. The van der Waals surface area contributed by atoms with Crippen LogP contribution in [0.5, 0.6) is 0 Å². The summed E-state index contributed by atoms with van der Waals surface area (Å²) in [5.41, 5.74) is 1.79. The molecule has 0 bridgehead atoms. The Morgan fingerprint density at radius 2 is 2.14 bits per heavy atom. The van der Waals surface area contributed by atoms with E-state index in [-0.39, 0.29) is 0 Å². The normalized spacial score (nSPS) is 6.57. The van der Waals surface area contributed by atoms with E-state index in [9.17, 15) is 0 Å². The summed E-state index contributed by atoms with van der Waals surface area (Å²) in [6, 6.07) is 0. The second-order valence-corrected chi connectivity index (χ2v) is 1.43. The molecule has 0 N–H and O–H groups in total. The third kappa shape index (κ3) is 3.46. The second-order valence-electron chi connectivity index (χ2n) is 0.676. The number of rotatable bonds is 0. The van der Waals surface area contributed by atoms with Crippen LogP contribution in [-0.2, 0) is 0 Å². The van der Waals surface area contributed by atoms with Crippen molar-refractivity contribution in [2.75, 3.05) is 0 Å². The van der Waals surface area contributed by atoms with Crippen LogP contribution in [0.15, 0.2) is 17.1 Å². The minimum atomic E-state index is 1.60. The van der Waals surface area contributed by atoms with Gasteiger partial charge in [-0.25, -0.2) is 0 Å². The third-order valence-electron chi connectivity index (χ3n) is 0.347. The summed E-state index contributed by atoms with van der Waals surface area (Å²) in [7, 11) is 0. The molecule has 0 fully saturated rings. The highest BCUT2D eigenvalue weighted by molar-refractivity contribution is 7.07. The predicted octanol–water partition coefficient (Wildman–Crippen LogP) is 2.17. The summed E-state index contributed by atoms with van der Waals surface area (Å²) in [5, 5.41) is 1.93. The van der Waals surface area contributed by atoms with Crippen LogP contribution < -0.4 is 0 Å². The van der Waals surface area contributed by atoms with Gasteiger partial charge >= 0.3 is 0 Å². The Morgan fingerprint density at radius 1 is 1.43 bits per heavy atom. The van der Waals surface area contributed by atoms with Crippen LogP contribution in [0, 0.1) is 0 Å². The van der Waals surface area contributed by atoms with Gasteiger partial charge in [-0.15, -0.1) is 11.3 Å². The van der Waals surface area contributed by atoms with E-state index in [1.54, 1.807) is 23.0 Å². The van der Waals surface area contributed by atoms with E-state index in [0.717, 1.165) is 0 Å². The average molecular weight is 115 g/mol. The number of hydrogen-bond acceptors (Lipinski definition) is 2. The monoisotopic (exact) mass is 115 g/mol. The van der Waals surface area contributed by atoms with Gasteiger partial charge in [0.05, 0.1) is 5.51 Å². The van der Waals surface area contributed by atoms with E-state index in [1.165, 1.54) is 0 Å². The molecule has 2 heteroatoms. The SMILES string of the molecule is CC.c1cscn1. The highest BCUT2D eigenvalue weighted by atomic mass is 32.1. The number of nitrogens with zero attached hydrogens (tertiary/aromatic N) is 1. The number of thiazole rings is 1. The molecule has 0 unspecified atom stereocenters. The summed E-state index contributed by atoms with van der Waals surface area (Å²) in [5.74, 6) is 0. The molecule has 1 nitrogen and oxygen atoms in total. The van der Waals surface area contributed by atoms with Crippen molar-refractivity contribution in [1.29, 1.82) is 0 Å². The molecule has 7 heavy (non-hydrogen) atoms. The molecule has 0 saturated heterocycles. The molecule has 0 aliphatic carbocycles. The molecule has 0 spiro atoms. The largest absolute Gasteiger partial charge is 0.253 e. The Kier molecular flexibility index (Phi) is 5.33. The Hall–Kier alpha value is -0.370. The zero-order chi connectivity index (χ0) is 5.54. The van der Waals surface area contributed by atoms with Crippen LogP contribution in [0.2, 0.25) is 0 Å². The molecule has 40 valence electrons. The lowest BCUT2D eigenvalue weighted by molar-refractivity contribution is 1.43. The summed E-state index contributed by atoms with van der Waals surface area (Å²) in [6.45, 7) is 4.00. The van der Waals surface area contributed by atoms with Crippen molar-refractivity contribution < 1.29 is 0 Å². The van der Waals surface area contributed by atoms with Gasteiger partial charge in [-0.3, -0.25) is 4.98 Å². The van der Waals surface area contributed by atoms with Crippen molar-refractivity contribution in [2.24, 2.45) is 0 Å². The van der Waals surface area contributed by atoms with Gasteiger partial charge in [-0.05, 0) is 0 Å². The van der Waals surface area contributed by atoms with Crippen molar-refractivity contribution in [3.05, 3.63) is 17.1 Å². The van der Waals surface area contributed by atoms with Crippen molar-refractivity contribution >= 4 is 11.3 Å². The van der Waals surface area contributed by atoms with Crippen molar-refractivity contribution in [2.45, 2.75) is 13.8 Å². The fourth-order valence-electron chi connectivity index (χ4n) is 0.176. The lowest BCUT2D eigenvalue weighted by Crippen LogP contribution is -1.38. The molecule has 1 aromatic rings. The quantitative estimate of drug-likeness (QED) is 0.505. The number of hydrogen-bond donors (Lipinski definition) is 0. The molecule has 1 rings (SSSR count). The van der Waals surface area contributed by atoms with Gasteiger partial charge in [0, 0.05) is 11.6 Å². The molecular formula is C5H9NS. The highest BCUT2D eigenvalue weighted by Gasteiger charge is 1.59. The lowest BCUT2D eigenvalue weighted by Gasteiger charge is -1.41. The minimum Gasteiger partial charge on any atom is -0.253 e. The van der Waals surface area contributed by atoms with Gasteiger partial charge in [-0.1, -0.05) is 13.8 Å². The number of aromatic nitrogens is 1. The summed E-state index contributed by atoms with van der Waals surface area (Å²) >= 11 is 1.60. The van der Waals surface area contributed by atoms with Crippen molar-refractivity contribution in [1.82, 2.24) is 4.98 Å². The molecule has 0 aromatic carbocycles. The maximum Gasteiger partial charge on any atom is 0.0791 e. The van der Waals surface area contributed by atoms with E-state index in [0.29, 0.717) is 0 Å². The highest BCUT2D eigenvalue weighted by Crippen LogP contribution is 1.85. The predicted molar refractivity (Wildman–Crippen MR) is 33.5 cm³/mol.